The second-order valence-electron chi connectivity index (χ2n) is 5.76. The monoisotopic (exact) mass is 399 g/mol. The molecule has 0 spiro atoms. The molecule has 2 rings (SSSR count). The summed E-state index contributed by atoms with van der Waals surface area (Å²) in [6.45, 7) is -0.605. The Morgan fingerprint density at radius 2 is 1.59 bits per heavy atom. The summed E-state index contributed by atoms with van der Waals surface area (Å²) in [5, 5.41) is 10.7. The third kappa shape index (κ3) is 6.86. The summed E-state index contributed by atoms with van der Waals surface area (Å²) in [6, 6.07) is 13.2. The fourth-order valence-electron chi connectivity index (χ4n) is 2.16. The van der Waals surface area contributed by atoms with Crippen LogP contribution in [0.25, 0.3) is 0 Å². The van der Waals surface area contributed by atoms with E-state index in [9.17, 15) is 29.3 Å². The molecule has 2 amide bonds. The maximum Gasteiger partial charge on any atom is 0.306 e. The number of nitrogens with one attached hydrogen (secondary N) is 2. The van der Waals surface area contributed by atoms with E-state index in [1.54, 1.807) is 30.3 Å². The molecule has 2 aromatic rings. The van der Waals surface area contributed by atoms with Crippen LogP contribution < -0.4 is 10.9 Å². The Balaban J connectivity index is 1.70. The van der Waals surface area contributed by atoms with Crippen LogP contribution in [0.2, 0.25) is 0 Å². The Hall–Kier alpha value is -4.08. The van der Waals surface area contributed by atoms with E-state index in [1.807, 2.05) is 0 Å². The van der Waals surface area contributed by atoms with Crippen LogP contribution in [0.4, 0.5) is 5.69 Å². The molecule has 0 saturated carbocycles. The van der Waals surface area contributed by atoms with Gasteiger partial charge in [-0.3, -0.25) is 40.1 Å². The number of amides is 2. The number of carbonyl (C=O) groups is 4. The number of nitro groups is 1. The van der Waals surface area contributed by atoms with Gasteiger partial charge in [-0.1, -0.05) is 30.3 Å². The van der Waals surface area contributed by atoms with E-state index in [0.717, 1.165) is 6.07 Å². The van der Waals surface area contributed by atoms with Crippen molar-refractivity contribution in [1.29, 1.82) is 0 Å². The number of rotatable bonds is 8. The number of hydrogen-bond donors (Lipinski definition) is 2. The average Bonchev–Trinajstić information content (AvgIpc) is 2.74. The third-order valence-electron chi connectivity index (χ3n) is 3.65. The number of ketones is 1. The summed E-state index contributed by atoms with van der Waals surface area (Å²) in [6.07, 6.45) is -0.575. The van der Waals surface area contributed by atoms with E-state index >= 15 is 0 Å². The van der Waals surface area contributed by atoms with Crippen LogP contribution in [0, 0.1) is 10.1 Å². The summed E-state index contributed by atoms with van der Waals surface area (Å²) in [7, 11) is 0. The standard InChI is InChI=1S/C19H17N3O7/c23-16(14-7-4-8-15(11-14)22(27)28)12-29-18(25)10-9-17(24)20-21-19(26)13-5-2-1-3-6-13/h1-8,11H,9-10,12H2,(H,20,24)(H,21,26). The summed E-state index contributed by atoms with van der Waals surface area (Å²) < 4.78 is 4.78. The van der Waals surface area contributed by atoms with Crippen molar-refractivity contribution in [3.05, 3.63) is 75.8 Å². The Kier molecular flexibility index (Phi) is 7.54. The van der Waals surface area contributed by atoms with Crippen molar-refractivity contribution in [3.63, 3.8) is 0 Å². The highest BCUT2D eigenvalue weighted by atomic mass is 16.6. The zero-order chi connectivity index (χ0) is 21.2. The molecule has 0 radical (unpaired) electrons. The minimum atomic E-state index is -0.798. The van der Waals surface area contributed by atoms with Crippen molar-refractivity contribution in [2.45, 2.75) is 12.8 Å². The molecule has 0 fully saturated rings. The van der Waals surface area contributed by atoms with Gasteiger partial charge in [-0.25, -0.2) is 0 Å². The Labute approximate surface area is 165 Å². The van der Waals surface area contributed by atoms with Crippen molar-refractivity contribution in [3.8, 4) is 0 Å². The van der Waals surface area contributed by atoms with Gasteiger partial charge in [0.25, 0.3) is 11.6 Å². The normalized spacial score (nSPS) is 9.93. The zero-order valence-corrected chi connectivity index (χ0v) is 15.1. The molecular weight excluding hydrogens is 382 g/mol. The van der Waals surface area contributed by atoms with Crippen LogP contribution in [0.3, 0.4) is 0 Å². The zero-order valence-electron chi connectivity index (χ0n) is 15.1. The Morgan fingerprint density at radius 3 is 2.28 bits per heavy atom. The fraction of sp³-hybridized carbons (Fsp3) is 0.158. The molecule has 0 aromatic heterocycles. The van der Waals surface area contributed by atoms with E-state index in [0.29, 0.717) is 5.56 Å². The highest BCUT2D eigenvalue weighted by molar-refractivity contribution is 5.98. The van der Waals surface area contributed by atoms with Crippen LogP contribution in [-0.4, -0.2) is 35.1 Å². The van der Waals surface area contributed by atoms with E-state index in [4.69, 9.17) is 4.74 Å². The molecule has 0 unspecified atom stereocenters. The molecule has 10 nitrogen and oxygen atoms in total. The summed E-state index contributed by atoms with van der Waals surface area (Å²) >= 11 is 0. The van der Waals surface area contributed by atoms with E-state index in [1.165, 1.54) is 18.2 Å². The highest BCUT2D eigenvalue weighted by Crippen LogP contribution is 2.13. The van der Waals surface area contributed by atoms with E-state index in [-0.39, 0.29) is 24.1 Å². The van der Waals surface area contributed by atoms with Crippen LogP contribution in [0.15, 0.2) is 54.6 Å². The number of Topliss-reactive ketones (excluding diaryl/α,β-unsaturated/α-hetero) is 1. The van der Waals surface area contributed by atoms with Crippen molar-refractivity contribution < 1.29 is 28.8 Å². The number of esters is 1. The summed E-state index contributed by atoms with van der Waals surface area (Å²) in [5.41, 5.74) is 4.51. The lowest BCUT2D eigenvalue weighted by Crippen LogP contribution is -2.41. The molecule has 0 saturated heterocycles. The third-order valence-corrected chi connectivity index (χ3v) is 3.65. The smallest absolute Gasteiger partial charge is 0.306 e. The van der Waals surface area contributed by atoms with Gasteiger partial charge < -0.3 is 4.74 Å². The van der Waals surface area contributed by atoms with Gasteiger partial charge in [-0.2, -0.15) is 0 Å². The molecule has 0 aliphatic heterocycles. The summed E-state index contributed by atoms with van der Waals surface area (Å²) in [4.78, 5) is 57.1. The lowest BCUT2D eigenvalue weighted by Gasteiger charge is -2.07. The van der Waals surface area contributed by atoms with Gasteiger partial charge in [-0.15, -0.1) is 0 Å². The first-order chi connectivity index (χ1) is 13.9. The molecule has 2 N–H and O–H groups in total. The van der Waals surface area contributed by atoms with Crippen LogP contribution in [-0.2, 0) is 14.3 Å². The van der Waals surface area contributed by atoms with E-state index < -0.39 is 35.1 Å². The maximum atomic E-state index is 11.9. The minimum absolute atomic E-state index is 0.0355. The predicted octanol–water partition coefficient (Wildman–Crippen LogP) is 1.56. The van der Waals surface area contributed by atoms with E-state index in [2.05, 4.69) is 10.9 Å². The summed E-state index contributed by atoms with van der Waals surface area (Å²) in [5.74, 6) is -2.53. The number of ether oxygens (including phenoxy) is 1. The predicted molar refractivity (Wildman–Crippen MR) is 99.7 cm³/mol. The molecule has 0 heterocycles. The van der Waals surface area contributed by atoms with Crippen LogP contribution >= 0.6 is 0 Å². The lowest BCUT2D eigenvalue weighted by molar-refractivity contribution is -0.384. The molecule has 10 heteroatoms. The first-order valence-corrected chi connectivity index (χ1v) is 8.44. The molecule has 29 heavy (non-hydrogen) atoms. The van der Waals surface area contributed by atoms with Crippen molar-refractivity contribution >= 4 is 29.3 Å². The Morgan fingerprint density at radius 1 is 0.897 bits per heavy atom. The molecule has 0 atom stereocenters. The van der Waals surface area contributed by atoms with Gasteiger partial charge in [-0.05, 0) is 12.1 Å². The first-order valence-electron chi connectivity index (χ1n) is 8.44. The number of nitro benzene ring substituents is 1. The number of non-ortho nitro benzene ring substituents is 1. The van der Waals surface area contributed by atoms with Gasteiger partial charge in [0, 0.05) is 29.7 Å². The van der Waals surface area contributed by atoms with Crippen molar-refractivity contribution in [1.82, 2.24) is 10.9 Å². The number of hydrazine groups is 1. The topological polar surface area (TPSA) is 145 Å². The second-order valence-corrected chi connectivity index (χ2v) is 5.76. The van der Waals surface area contributed by atoms with Crippen molar-refractivity contribution in [2.75, 3.05) is 6.61 Å². The van der Waals surface area contributed by atoms with Gasteiger partial charge in [0.15, 0.2) is 6.61 Å². The number of nitrogens with zero attached hydrogens (tertiary/aromatic N) is 1. The molecule has 0 aliphatic carbocycles. The second kappa shape index (κ2) is 10.3. The van der Waals surface area contributed by atoms with Gasteiger partial charge in [0.2, 0.25) is 11.7 Å². The van der Waals surface area contributed by atoms with Crippen LogP contribution in [0.1, 0.15) is 33.6 Å². The number of hydrogen-bond acceptors (Lipinski definition) is 7. The number of carbonyl (C=O) groups excluding carboxylic acids is 4. The van der Waals surface area contributed by atoms with Gasteiger partial charge in [0.05, 0.1) is 11.3 Å². The fourth-order valence-corrected chi connectivity index (χ4v) is 2.16. The minimum Gasteiger partial charge on any atom is -0.457 e. The number of benzene rings is 2. The maximum absolute atomic E-state index is 11.9. The molecule has 150 valence electrons. The molecule has 0 bridgehead atoms. The first kappa shape index (κ1) is 21.2. The van der Waals surface area contributed by atoms with Gasteiger partial charge in [0.1, 0.15) is 0 Å². The average molecular weight is 399 g/mol. The SMILES string of the molecule is O=C(CCC(=O)OCC(=O)c1cccc([N+](=O)[O-])c1)NNC(=O)c1ccccc1. The lowest BCUT2D eigenvalue weighted by atomic mass is 10.1. The molecular formula is C19H17N3O7. The quantitative estimate of drug-likeness (QED) is 0.296. The molecule has 2 aromatic carbocycles. The largest absolute Gasteiger partial charge is 0.457 e. The molecule has 0 aliphatic rings. The Bertz CT molecular complexity index is 928. The highest BCUT2D eigenvalue weighted by Gasteiger charge is 2.15. The van der Waals surface area contributed by atoms with Crippen LogP contribution in [0.5, 0.6) is 0 Å². The van der Waals surface area contributed by atoms with Crippen molar-refractivity contribution in [2.24, 2.45) is 0 Å². The van der Waals surface area contributed by atoms with Gasteiger partial charge >= 0.3 is 5.97 Å².